The monoisotopic (exact) mass is 451 g/mol. The van der Waals surface area contributed by atoms with Crippen molar-refractivity contribution in [2.45, 2.75) is 11.8 Å². The Balaban J connectivity index is 1.92. The van der Waals surface area contributed by atoms with Crippen LogP contribution in [0, 0.1) is 5.82 Å². The van der Waals surface area contributed by atoms with E-state index in [1.54, 1.807) is 6.07 Å². The molecule has 1 aliphatic rings. The molecular weight excluding hydrogens is 429 g/mol. The van der Waals surface area contributed by atoms with E-state index in [9.17, 15) is 22.4 Å². The fraction of sp³-hybridized carbons (Fsp3) is 0.300. The number of amides is 2. The van der Waals surface area contributed by atoms with Crippen LogP contribution in [-0.2, 0) is 19.6 Å². The highest BCUT2D eigenvalue weighted by atomic mass is 32.2. The molecule has 0 aromatic heterocycles. The van der Waals surface area contributed by atoms with Crippen molar-refractivity contribution in [2.24, 2.45) is 0 Å². The van der Waals surface area contributed by atoms with Crippen LogP contribution in [0.15, 0.2) is 41.3 Å². The van der Waals surface area contributed by atoms with E-state index in [1.165, 1.54) is 30.5 Å². The second-order valence-corrected chi connectivity index (χ2v) is 8.64. The van der Waals surface area contributed by atoms with Crippen molar-refractivity contribution in [3.63, 3.8) is 0 Å². The third kappa shape index (κ3) is 5.19. The summed E-state index contributed by atoms with van der Waals surface area (Å²) in [6.45, 7) is 2.16. The quantitative estimate of drug-likeness (QED) is 0.695. The van der Waals surface area contributed by atoms with Crippen molar-refractivity contribution >= 4 is 33.2 Å². The lowest BCUT2D eigenvalue weighted by Crippen LogP contribution is -2.40. The van der Waals surface area contributed by atoms with Crippen LogP contribution in [0.4, 0.5) is 15.8 Å². The van der Waals surface area contributed by atoms with Crippen molar-refractivity contribution in [1.29, 1.82) is 0 Å². The maximum absolute atomic E-state index is 14.4. The van der Waals surface area contributed by atoms with Crippen LogP contribution in [0.1, 0.15) is 17.3 Å². The molecule has 31 heavy (non-hydrogen) atoms. The summed E-state index contributed by atoms with van der Waals surface area (Å²) in [7, 11) is -2.48. The highest BCUT2D eigenvalue weighted by Gasteiger charge is 2.28. The zero-order valence-electron chi connectivity index (χ0n) is 17.0. The zero-order valence-corrected chi connectivity index (χ0v) is 17.8. The summed E-state index contributed by atoms with van der Waals surface area (Å²) in [6.07, 6.45) is 0. The van der Waals surface area contributed by atoms with Gasteiger partial charge in [-0.25, -0.2) is 12.8 Å². The topological polar surface area (TPSA) is 114 Å². The molecule has 0 aliphatic carbocycles. The number of anilines is 2. The highest BCUT2D eigenvalue weighted by Crippen LogP contribution is 2.28. The van der Waals surface area contributed by atoms with Crippen molar-refractivity contribution in [2.75, 3.05) is 44.0 Å². The number of nitrogens with zero attached hydrogens (tertiary/aromatic N) is 1. The minimum absolute atomic E-state index is 0.167. The van der Waals surface area contributed by atoms with Crippen LogP contribution in [0.5, 0.6) is 5.75 Å². The van der Waals surface area contributed by atoms with E-state index in [0.717, 1.165) is 18.2 Å². The minimum Gasteiger partial charge on any atom is -0.497 e. The molecule has 1 heterocycles. The predicted octanol–water partition coefficient (Wildman–Crippen LogP) is 2.07. The van der Waals surface area contributed by atoms with Crippen LogP contribution in [0.25, 0.3) is 0 Å². The van der Waals surface area contributed by atoms with Gasteiger partial charge in [0, 0.05) is 26.1 Å². The Morgan fingerprint density at radius 2 is 1.77 bits per heavy atom. The number of nitrogens with one attached hydrogen (secondary N) is 2. The SMILES string of the molecule is COc1ccc(NC(C)=O)c(NC(=O)c2cc(S(=O)(=O)N3CCOCC3)ccc2F)c1. The number of carbonyl (C=O) groups is 2. The van der Waals surface area contributed by atoms with Gasteiger partial charge in [-0.05, 0) is 30.3 Å². The Kier molecular flexibility index (Phi) is 6.88. The van der Waals surface area contributed by atoms with Gasteiger partial charge in [-0.3, -0.25) is 9.59 Å². The number of benzene rings is 2. The van der Waals surface area contributed by atoms with Gasteiger partial charge < -0.3 is 20.1 Å². The second-order valence-electron chi connectivity index (χ2n) is 6.70. The van der Waals surface area contributed by atoms with Gasteiger partial charge in [0.2, 0.25) is 15.9 Å². The number of hydrogen-bond acceptors (Lipinski definition) is 6. The lowest BCUT2D eigenvalue weighted by atomic mass is 10.2. The van der Waals surface area contributed by atoms with Crippen LogP contribution in [0.3, 0.4) is 0 Å². The molecule has 2 N–H and O–H groups in total. The smallest absolute Gasteiger partial charge is 0.258 e. The molecule has 2 amide bonds. The third-order valence-corrected chi connectivity index (χ3v) is 6.47. The molecular formula is C20H22FN3O6S. The molecule has 1 fully saturated rings. The maximum Gasteiger partial charge on any atom is 0.258 e. The van der Waals surface area contributed by atoms with E-state index in [1.807, 2.05) is 0 Å². The van der Waals surface area contributed by atoms with Gasteiger partial charge in [0.1, 0.15) is 11.6 Å². The predicted molar refractivity (Wildman–Crippen MR) is 111 cm³/mol. The first-order chi connectivity index (χ1) is 14.7. The summed E-state index contributed by atoms with van der Waals surface area (Å²) >= 11 is 0. The van der Waals surface area contributed by atoms with Crippen LogP contribution < -0.4 is 15.4 Å². The number of hydrogen-bond donors (Lipinski definition) is 2. The van der Waals surface area contributed by atoms with E-state index in [2.05, 4.69) is 10.6 Å². The molecule has 3 rings (SSSR count). The van der Waals surface area contributed by atoms with Gasteiger partial charge in [-0.1, -0.05) is 0 Å². The first kappa shape index (κ1) is 22.7. The number of rotatable bonds is 6. The van der Waals surface area contributed by atoms with Crippen molar-refractivity contribution in [3.8, 4) is 5.75 Å². The molecule has 1 saturated heterocycles. The highest BCUT2D eigenvalue weighted by molar-refractivity contribution is 7.89. The Morgan fingerprint density at radius 1 is 1.06 bits per heavy atom. The summed E-state index contributed by atoms with van der Waals surface area (Å²) in [5.41, 5.74) is -0.00882. The lowest BCUT2D eigenvalue weighted by Gasteiger charge is -2.26. The average molecular weight is 451 g/mol. The van der Waals surface area contributed by atoms with Crippen LogP contribution >= 0.6 is 0 Å². The first-order valence-electron chi connectivity index (χ1n) is 9.37. The third-order valence-electron chi connectivity index (χ3n) is 4.58. The van der Waals surface area contributed by atoms with E-state index in [4.69, 9.17) is 9.47 Å². The maximum atomic E-state index is 14.4. The van der Waals surface area contributed by atoms with E-state index >= 15 is 0 Å². The Morgan fingerprint density at radius 3 is 2.42 bits per heavy atom. The van der Waals surface area contributed by atoms with E-state index in [-0.39, 0.29) is 48.5 Å². The van der Waals surface area contributed by atoms with Crippen molar-refractivity contribution < 1.29 is 31.9 Å². The molecule has 0 atom stereocenters. The Hall–Kier alpha value is -3.02. The number of carbonyl (C=O) groups excluding carboxylic acids is 2. The molecule has 2 aromatic rings. The molecule has 0 unspecified atom stereocenters. The Bertz CT molecular complexity index is 1100. The van der Waals surface area contributed by atoms with E-state index < -0.39 is 27.3 Å². The van der Waals surface area contributed by atoms with Crippen LogP contribution in [0.2, 0.25) is 0 Å². The molecule has 0 spiro atoms. The number of morpholine rings is 1. The molecule has 2 aromatic carbocycles. The fourth-order valence-electron chi connectivity index (χ4n) is 3.02. The Labute approximate surface area is 179 Å². The largest absolute Gasteiger partial charge is 0.497 e. The molecule has 166 valence electrons. The minimum atomic E-state index is -3.91. The molecule has 11 heteroatoms. The van der Waals surface area contributed by atoms with Crippen molar-refractivity contribution in [1.82, 2.24) is 4.31 Å². The summed E-state index contributed by atoms with van der Waals surface area (Å²) in [5, 5.41) is 5.06. The van der Waals surface area contributed by atoms with Gasteiger partial charge in [0.15, 0.2) is 0 Å². The van der Waals surface area contributed by atoms with Gasteiger partial charge >= 0.3 is 0 Å². The number of ether oxygens (including phenoxy) is 2. The molecule has 9 nitrogen and oxygen atoms in total. The summed E-state index contributed by atoms with van der Waals surface area (Å²) in [5.74, 6) is -1.74. The van der Waals surface area contributed by atoms with E-state index in [0.29, 0.717) is 5.75 Å². The molecule has 0 saturated carbocycles. The van der Waals surface area contributed by atoms with Crippen LogP contribution in [-0.4, -0.2) is 58.0 Å². The summed E-state index contributed by atoms with van der Waals surface area (Å²) < 4.78 is 51.6. The van der Waals surface area contributed by atoms with Gasteiger partial charge in [0.05, 0.1) is 42.2 Å². The first-order valence-corrected chi connectivity index (χ1v) is 10.8. The molecule has 0 radical (unpaired) electrons. The molecule has 1 aliphatic heterocycles. The fourth-order valence-corrected chi connectivity index (χ4v) is 4.45. The lowest BCUT2D eigenvalue weighted by molar-refractivity contribution is -0.114. The normalized spacial score (nSPS) is 14.7. The van der Waals surface area contributed by atoms with Gasteiger partial charge in [-0.15, -0.1) is 0 Å². The van der Waals surface area contributed by atoms with Gasteiger partial charge in [-0.2, -0.15) is 4.31 Å². The zero-order chi connectivity index (χ0) is 22.6. The summed E-state index contributed by atoms with van der Waals surface area (Å²) in [6, 6.07) is 7.60. The van der Waals surface area contributed by atoms with Gasteiger partial charge in [0.25, 0.3) is 5.91 Å². The summed E-state index contributed by atoms with van der Waals surface area (Å²) in [4.78, 5) is 24.0. The average Bonchev–Trinajstić information content (AvgIpc) is 2.75. The van der Waals surface area contributed by atoms with Crippen molar-refractivity contribution in [3.05, 3.63) is 47.8 Å². The second kappa shape index (κ2) is 9.41. The standard InChI is InChI=1S/C20H22FN3O6S/c1-13(25)22-18-6-3-14(29-2)11-19(18)23-20(26)16-12-15(4-5-17(16)21)31(27,28)24-7-9-30-10-8-24/h3-6,11-12H,7-10H2,1-2H3,(H,22,25)(H,23,26). The molecule has 0 bridgehead atoms. The number of sulfonamides is 1. The number of methoxy groups -OCH3 is 1. The number of halogens is 1.